The lowest BCUT2D eigenvalue weighted by Crippen LogP contribution is -2.41. The summed E-state index contributed by atoms with van der Waals surface area (Å²) in [5.41, 5.74) is -5.74. The Bertz CT molecular complexity index is 1520. The number of carboxylic acids is 1. The van der Waals surface area contributed by atoms with Gasteiger partial charge in [-0.15, -0.1) is 0 Å². The van der Waals surface area contributed by atoms with Crippen LogP contribution in [-0.2, 0) is 13.2 Å². The van der Waals surface area contributed by atoms with Crippen LogP contribution in [0.2, 0.25) is 0 Å². The predicted octanol–water partition coefficient (Wildman–Crippen LogP) is 6.13. The molecule has 2 heterocycles. The Morgan fingerprint density at radius 3 is 2.25 bits per heavy atom. The number of carbonyl (C=O) groups is 1. The van der Waals surface area contributed by atoms with Crippen molar-refractivity contribution >= 4 is 28.5 Å². The molecule has 1 aliphatic heterocycles. The maximum Gasteiger partial charge on any atom is 0.416 e. The summed E-state index contributed by atoms with van der Waals surface area (Å²) >= 11 is 0. The molecule has 1 fully saturated rings. The van der Waals surface area contributed by atoms with E-state index < -0.39 is 69.0 Å². The van der Waals surface area contributed by atoms with Crippen LogP contribution in [0.5, 0.6) is 0 Å². The van der Waals surface area contributed by atoms with Crippen LogP contribution in [0, 0.1) is 11.2 Å². The minimum Gasteiger partial charge on any atom is -0.478 e. The number of nitrogens with one attached hydrogen (secondary N) is 1. The zero-order valence-electron chi connectivity index (χ0n) is 21.5. The average molecular weight is 574 g/mol. The van der Waals surface area contributed by atoms with E-state index in [0.29, 0.717) is 44.1 Å². The van der Waals surface area contributed by atoms with Crippen molar-refractivity contribution < 1.29 is 40.6 Å². The van der Waals surface area contributed by atoms with Gasteiger partial charge in [-0.1, -0.05) is 13.8 Å². The van der Waals surface area contributed by atoms with Crippen molar-refractivity contribution in [1.29, 1.82) is 0 Å². The Labute approximate surface area is 223 Å². The van der Waals surface area contributed by atoms with Crippen molar-refractivity contribution in [2.75, 3.05) is 23.3 Å². The SMILES string of the molecule is Cn1c(N2CCC(C)(C)CC2)nc2c([C@H](Nc3ccc(F)cc3C(=O)O)C(F)(F)F)cc(C(F)(F)F)cc2c1=O. The summed E-state index contributed by atoms with van der Waals surface area (Å²) in [4.78, 5) is 30.8. The van der Waals surface area contributed by atoms with Crippen LogP contribution < -0.4 is 15.8 Å². The molecule has 2 aromatic carbocycles. The molecular weight excluding hydrogens is 549 g/mol. The number of halogens is 7. The molecule has 1 atom stereocenters. The summed E-state index contributed by atoms with van der Waals surface area (Å²) in [6.07, 6.45) is -9.06. The number of hydrogen-bond donors (Lipinski definition) is 2. The maximum atomic E-state index is 14.5. The summed E-state index contributed by atoms with van der Waals surface area (Å²) in [5.74, 6) is -2.82. The molecule has 40 heavy (non-hydrogen) atoms. The van der Waals surface area contributed by atoms with E-state index in [1.54, 1.807) is 4.90 Å². The van der Waals surface area contributed by atoms with Gasteiger partial charge in [-0.2, -0.15) is 26.3 Å². The Hall–Kier alpha value is -3.84. The first kappa shape index (κ1) is 29.2. The molecule has 0 amide bonds. The van der Waals surface area contributed by atoms with E-state index in [9.17, 15) is 45.4 Å². The first-order valence-corrected chi connectivity index (χ1v) is 12.1. The molecule has 0 unspecified atom stereocenters. The van der Waals surface area contributed by atoms with Crippen molar-refractivity contribution in [3.05, 3.63) is 63.2 Å². The molecule has 0 bridgehead atoms. The lowest BCUT2D eigenvalue weighted by atomic mass is 9.83. The van der Waals surface area contributed by atoms with Crippen LogP contribution in [0.4, 0.5) is 42.4 Å². The van der Waals surface area contributed by atoms with Gasteiger partial charge in [-0.3, -0.25) is 9.36 Å². The summed E-state index contributed by atoms with van der Waals surface area (Å²) in [5, 5.41) is 10.6. The van der Waals surface area contributed by atoms with Crippen molar-refractivity contribution in [2.24, 2.45) is 12.5 Å². The number of aromatic nitrogens is 2. The van der Waals surface area contributed by atoms with Crippen LogP contribution in [0.1, 0.15) is 54.2 Å². The van der Waals surface area contributed by atoms with Gasteiger partial charge >= 0.3 is 18.3 Å². The smallest absolute Gasteiger partial charge is 0.416 e. The minimum absolute atomic E-state index is 0.0112. The van der Waals surface area contributed by atoms with Crippen molar-refractivity contribution in [1.82, 2.24) is 9.55 Å². The van der Waals surface area contributed by atoms with Crippen LogP contribution in [0.25, 0.3) is 10.9 Å². The molecule has 0 radical (unpaired) electrons. The van der Waals surface area contributed by atoms with E-state index in [4.69, 9.17) is 0 Å². The quantitative estimate of drug-likeness (QED) is 0.357. The number of nitrogens with zero attached hydrogens (tertiary/aromatic N) is 3. The first-order chi connectivity index (χ1) is 18.4. The van der Waals surface area contributed by atoms with Gasteiger partial charge in [0.15, 0.2) is 6.04 Å². The summed E-state index contributed by atoms with van der Waals surface area (Å²) in [6, 6.07) is -0.324. The molecule has 2 N–H and O–H groups in total. The number of alkyl halides is 6. The van der Waals surface area contributed by atoms with Gasteiger partial charge in [0.05, 0.1) is 22.0 Å². The van der Waals surface area contributed by atoms with Crippen molar-refractivity contribution in [3.63, 3.8) is 0 Å². The summed E-state index contributed by atoms with van der Waals surface area (Å²) in [7, 11) is 1.28. The Kier molecular flexibility index (Phi) is 7.26. The number of benzene rings is 2. The molecule has 3 aromatic rings. The minimum atomic E-state index is -5.29. The van der Waals surface area contributed by atoms with Gasteiger partial charge in [-0.25, -0.2) is 14.2 Å². The average Bonchev–Trinajstić information content (AvgIpc) is 2.83. The zero-order chi connectivity index (χ0) is 29.8. The van der Waals surface area contributed by atoms with Gasteiger partial charge in [0.2, 0.25) is 5.95 Å². The Balaban J connectivity index is 1.99. The maximum absolute atomic E-state index is 14.5. The fourth-order valence-electron chi connectivity index (χ4n) is 4.68. The topological polar surface area (TPSA) is 87.5 Å². The van der Waals surface area contributed by atoms with Crippen LogP contribution in [0.15, 0.2) is 35.1 Å². The zero-order valence-corrected chi connectivity index (χ0v) is 21.5. The predicted molar refractivity (Wildman–Crippen MR) is 133 cm³/mol. The summed E-state index contributed by atoms with van der Waals surface area (Å²) < 4.78 is 99.6. The highest BCUT2D eigenvalue weighted by Crippen LogP contribution is 2.42. The van der Waals surface area contributed by atoms with E-state index in [1.165, 1.54) is 7.05 Å². The lowest BCUT2D eigenvalue weighted by Gasteiger charge is -2.38. The molecule has 216 valence electrons. The van der Waals surface area contributed by atoms with E-state index in [1.807, 2.05) is 19.2 Å². The largest absolute Gasteiger partial charge is 0.478 e. The van der Waals surface area contributed by atoms with Gasteiger partial charge < -0.3 is 15.3 Å². The van der Waals surface area contributed by atoms with Crippen LogP contribution >= 0.6 is 0 Å². The normalized spacial score (nSPS) is 16.7. The molecule has 1 aromatic heterocycles. The van der Waals surface area contributed by atoms with Gasteiger partial charge in [0.1, 0.15) is 5.82 Å². The molecule has 7 nitrogen and oxygen atoms in total. The first-order valence-electron chi connectivity index (χ1n) is 12.1. The standard InChI is InChI=1S/C26H25F7N4O3/c1-24(2)6-8-37(9-7-24)23-35-19-16(10-13(25(28,29)30)11-17(19)21(38)36(23)3)20(26(31,32)33)34-18-5-4-14(27)12-15(18)22(39)40/h4-5,10-12,20,34H,6-9H2,1-3H3,(H,39,40)/t20-/m0/s1. The number of aromatic carboxylic acids is 1. The third kappa shape index (κ3) is 5.70. The fourth-order valence-corrected chi connectivity index (χ4v) is 4.68. The number of rotatable bonds is 5. The highest BCUT2D eigenvalue weighted by atomic mass is 19.4. The summed E-state index contributed by atoms with van der Waals surface area (Å²) in [6.45, 7) is 4.89. The van der Waals surface area contributed by atoms with Crippen LogP contribution in [0.3, 0.4) is 0 Å². The second-order valence-corrected chi connectivity index (χ2v) is 10.5. The Morgan fingerprint density at radius 2 is 1.70 bits per heavy atom. The third-order valence-corrected chi connectivity index (χ3v) is 7.06. The monoisotopic (exact) mass is 574 g/mol. The van der Waals surface area contributed by atoms with Gasteiger partial charge in [-0.05, 0) is 48.6 Å². The molecule has 14 heteroatoms. The van der Waals surface area contributed by atoms with E-state index >= 15 is 0 Å². The third-order valence-electron chi connectivity index (χ3n) is 7.06. The fraction of sp³-hybridized carbons (Fsp3) is 0.423. The van der Waals surface area contributed by atoms with Crippen molar-refractivity contribution in [2.45, 2.75) is 45.1 Å². The van der Waals surface area contributed by atoms with Crippen molar-refractivity contribution in [3.8, 4) is 0 Å². The molecule has 0 spiro atoms. The highest BCUT2D eigenvalue weighted by molar-refractivity contribution is 5.94. The molecular formula is C26H25F7N4O3. The number of piperidine rings is 1. The number of hydrogen-bond acceptors (Lipinski definition) is 5. The van der Waals surface area contributed by atoms with E-state index in [0.717, 1.165) is 10.6 Å². The number of fused-ring (bicyclic) bond motifs is 1. The number of carboxylic acid groups (broad SMARTS) is 1. The Morgan fingerprint density at radius 1 is 1.07 bits per heavy atom. The molecule has 1 saturated heterocycles. The second-order valence-electron chi connectivity index (χ2n) is 10.5. The molecule has 4 rings (SSSR count). The van der Waals surface area contributed by atoms with E-state index in [2.05, 4.69) is 4.98 Å². The van der Waals surface area contributed by atoms with Gasteiger partial charge in [0, 0.05) is 31.4 Å². The van der Waals surface area contributed by atoms with Gasteiger partial charge in [0.25, 0.3) is 5.56 Å². The molecule has 1 aliphatic rings. The lowest BCUT2D eigenvalue weighted by molar-refractivity contribution is -0.145. The number of anilines is 2. The van der Waals surface area contributed by atoms with E-state index in [-0.39, 0.29) is 17.4 Å². The highest BCUT2D eigenvalue weighted by Gasteiger charge is 2.44. The molecule has 0 saturated carbocycles. The second kappa shape index (κ2) is 9.97. The molecule has 0 aliphatic carbocycles. The van der Waals surface area contributed by atoms with Crippen LogP contribution in [-0.4, -0.2) is 39.9 Å².